The molecule has 11 atom stereocenters. The summed E-state index contributed by atoms with van der Waals surface area (Å²) >= 11 is 0. The maximum absolute atomic E-state index is 13.9. The fourth-order valence-corrected chi connectivity index (χ4v) is 9.28. The van der Waals surface area contributed by atoms with Crippen molar-refractivity contribution in [3.05, 3.63) is 11.6 Å². The van der Waals surface area contributed by atoms with Crippen LogP contribution in [0.2, 0.25) is 0 Å². The number of hydrogen-bond acceptors (Lipinski definition) is 4. The first-order valence-electron chi connectivity index (χ1n) is 13.0. The zero-order valence-electron chi connectivity index (χ0n) is 19.7. The molecule has 0 bridgehead atoms. The number of hydrogen-bond donors (Lipinski definition) is 1. The molecule has 7 unspecified atom stereocenters. The fraction of sp³-hybridized carbons (Fsp3) is 0.889. The van der Waals surface area contributed by atoms with Crippen molar-refractivity contribution in [3.8, 4) is 0 Å². The average molecular weight is 429 g/mol. The van der Waals surface area contributed by atoms with E-state index in [-0.39, 0.29) is 34.9 Å². The van der Waals surface area contributed by atoms with Crippen LogP contribution >= 0.6 is 0 Å². The van der Waals surface area contributed by atoms with Gasteiger partial charge in [0.25, 0.3) is 0 Å². The number of ether oxygens (including phenoxy) is 2. The minimum atomic E-state index is -0.469. The molecule has 172 valence electrons. The number of allylic oxidation sites excluding steroid dienone is 2. The van der Waals surface area contributed by atoms with Gasteiger partial charge in [0.15, 0.2) is 11.6 Å². The van der Waals surface area contributed by atoms with Gasteiger partial charge in [-0.05, 0) is 80.1 Å². The van der Waals surface area contributed by atoms with Crippen molar-refractivity contribution in [1.29, 1.82) is 0 Å². The van der Waals surface area contributed by atoms with E-state index in [1.165, 1.54) is 18.4 Å². The Hall–Kier alpha value is -0.710. The summed E-state index contributed by atoms with van der Waals surface area (Å²) in [5, 5.41) is 10.3. The third-order valence-corrected chi connectivity index (χ3v) is 11.2. The van der Waals surface area contributed by atoms with E-state index in [2.05, 4.69) is 33.8 Å². The molecule has 31 heavy (non-hydrogen) atoms. The fourth-order valence-electron chi connectivity index (χ4n) is 9.28. The Morgan fingerprint density at radius 1 is 1.06 bits per heavy atom. The Labute approximate surface area is 187 Å². The first kappa shape index (κ1) is 20.9. The zero-order valence-corrected chi connectivity index (χ0v) is 19.7. The number of fused-ring (bicyclic) bond motifs is 7. The number of aliphatic hydroxyl groups is 1. The first-order valence-corrected chi connectivity index (χ1v) is 13.0. The lowest BCUT2D eigenvalue weighted by Crippen LogP contribution is -2.53. The number of aliphatic hydroxyl groups excluding tert-OH is 1. The molecule has 5 fully saturated rings. The van der Waals surface area contributed by atoms with Crippen molar-refractivity contribution in [2.24, 2.45) is 46.3 Å². The van der Waals surface area contributed by atoms with Gasteiger partial charge in [-0.1, -0.05) is 33.3 Å². The molecule has 6 rings (SSSR count). The Morgan fingerprint density at radius 2 is 1.87 bits per heavy atom. The van der Waals surface area contributed by atoms with Crippen LogP contribution in [0, 0.1) is 46.3 Å². The van der Waals surface area contributed by atoms with Gasteiger partial charge >= 0.3 is 0 Å². The maximum atomic E-state index is 13.9. The molecule has 2 heterocycles. The van der Waals surface area contributed by atoms with E-state index in [0.29, 0.717) is 29.5 Å². The van der Waals surface area contributed by atoms with Crippen molar-refractivity contribution >= 4 is 5.78 Å². The topological polar surface area (TPSA) is 55.8 Å². The molecule has 0 amide bonds. The summed E-state index contributed by atoms with van der Waals surface area (Å²) in [5.74, 6) is 2.41. The number of carbonyl (C=O) groups is 1. The Kier molecular flexibility index (Phi) is 4.49. The van der Waals surface area contributed by atoms with E-state index in [1.807, 2.05) is 0 Å². The summed E-state index contributed by atoms with van der Waals surface area (Å²) in [5.41, 5.74) is 1.19. The highest BCUT2D eigenvalue weighted by atomic mass is 16.7. The van der Waals surface area contributed by atoms with Crippen molar-refractivity contribution < 1.29 is 19.4 Å². The zero-order chi connectivity index (χ0) is 21.8. The van der Waals surface area contributed by atoms with Gasteiger partial charge in [-0.3, -0.25) is 4.79 Å². The second-order valence-corrected chi connectivity index (χ2v) is 12.6. The number of carbonyl (C=O) groups excluding carboxylic acids is 1. The number of ketones is 1. The molecule has 6 aliphatic rings. The molecule has 4 nitrogen and oxygen atoms in total. The van der Waals surface area contributed by atoms with Crippen LogP contribution < -0.4 is 0 Å². The van der Waals surface area contributed by atoms with Crippen LogP contribution in [0.15, 0.2) is 11.6 Å². The molecule has 0 radical (unpaired) electrons. The van der Waals surface area contributed by atoms with Crippen LogP contribution in [-0.2, 0) is 14.3 Å². The molecular formula is C27H40O4. The second kappa shape index (κ2) is 6.67. The molecule has 1 spiro atoms. The van der Waals surface area contributed by atoms with Crippen molar-refractivity contribution in [2.75, 3.05) is 6.61 Å². The van der Waals surface area contributed by atoms with Crippen molar-refractivity contribution in [2.45, 2.75) is 97.1 Å². The van der Waals surface area contributed by atoms with Gasteiger partial charge in [0.1, 0.15) is 0 Å². The highest BCUT2D eigenvalue weighted by Gasteiger charge is 2.70. The van der Waals surface area contributed by atoms with E-state index in [0.717, 1.165) is 45.1 Å². The van der Waals surface area contributed by atoms with E-state index in [1.54, 1.807) is 0 Å². The Morgan fingerprint density at radius 3 is 2.61 bits per heavy atom. The van der Waals surface area contributed by atoms with Gasteiger partial charge in [0.2, 0.25) is 0 Å². The Balaban J connectivity index is 1.34. The van der Waals surface area contributed by atoms with Crippen LogP contribution in [0.1, 0.15) is 79.1 Å². The second-order valence-electron chi connectivity index (χ2n) is 12.6. The average Bonchev–Trinajstić information content (AvgIpc) is 3.18. The first-order chi connectivity index (χ1) is 14.7. The minimum Gasteiger partial charge on any atom is -0.393 e. The summed E-state index contributed by atoms with van der Waals surface area (Å²) < 4.78 is 13.2. The van der Waals surface area contributed by atoms with E-state index < -0.39 is 5.79 Å². The van der Waals surface area contributed by atoms with Crippen molar-refractivity contribution in [3.63, 3.8) is 0 Å². The third-order valence-electron chi connectivity index (χ3n) is 11.2. The lowest BCUT2D eigenvalue weighted by atomic mass is 9.48. The van der Waals surface area contributed by atoms with Crippen LogP contribution in [0.3, 0.4) is 0 Å². The van der Waals surface area contributed by atoms with Gasteiger partial charge in [-0.25, -0.2) is 0 Å². The molecule has 2 saturated heterocycles. The predicted molar refractivity (Wildman–Crippen MR) is 118 cm³/mol. The van der Waals surface area contributed by atoms with Gasteiger partial charge in [0, 0.05) is 23.7 Å². The van der Waals surface area contributed by atoms with E-state index >= 15 is 0 Å². The van der Waals surface area contributed by atoms with Crippen LogP contribution in [0.4, 0.5) is 0 Å². The van der Waals surface area contributed by atoms with Gasteiger partial charge in [0.05, 0.1) is 18.8 Å². The standard InChI is InChI=1S/C27H40O4/c1-15-7-10-27(30-14-15)16(2)24-22(31-27)12-21-19-6-5-17-11-18(28)8-9-25(17,3)20(19)13-23(29)26(21,24)4/h13,15-19,21-22,24,28H,5-12,14H2,1-4H3/t15?,16?,17-,18?,19?,21?,22?,24?,25-,26+,27+/m0/s1. The summed E-state index contributed by atoms with van der Waals surface area (Å²) in [4.78, 5) is 13.9. The van der Waals surface area contributed by atoms with Crippen molar-refractivity contribution in [1.82, 2.24) is 0 Å². The van der Waals surface area contributed by atoms with E-state index in [4.69, 9.17) is 9.47 Å². The molecular weight excluding hydrogens is 388 g/mol. The third kappa shape index (κ3) is 2.62. The van der Waals surface area contributed by atoms with E-state index in [9.17, 15) is 9.90 Å². The largest absolute Gasteiger partial charge is 0.393 e. The SMILES string of the molecule is CC1CC[C@@]2(OC1)OC1CC3C4CC[C@H]5CC(O)CC[C@]5(C)C4=CC(=O)[C@]3(C)C1C2C. The van der Waals surface area contributed by atoms with Crippen LogP contribution in [0.25, 0.3) is 0 Å². The molecule has 0 aromatic carbocycles. The molecule has 0 aromatic rings. The maximum Gasteiger partial charge on any atom is 0.171 e. The Bertz CT molecular complexity index is 810. The van der Waals surface area contributed by atoms with Gasteiger partial charge in [-0.15, -0.1) is 0 Å². The van der Waals surface area contributed by atoms with Gasteiger partial charge in [-0.2, -0.15) is 0 Å². The quantitative estimate of drug-likeness (QED) is 0.597. The molecule has 2 aliphatic heterocycles. The summed E-state index contributed by atoms with van der Waals surface area (Å²) in [7, 11) is 0. The van der Waals surface area contributed by atoms with Crippen LogP contribution in [-0.4, -0.2) is 35.5 Å². The minimum absolute atomic E-state index is 0.0904. The molecule has 4 aliphatic carbocycles. The van der Waals surface area contributed by atoms with Crippen LogP contribution in [0.5, 0.6) is 0 Å². The predicted octanol–water partition coefficient (Wildman–Crippen LogP) is 4.89. The molecule has 1 N–H and O–H groups in total. The highest BCUT2D eigenvalue weighted by Crippen LogP contribution is 2.69. The lowest BCUT2D eigenvalue weighted by molar-refractivity contribution is -0.271. The molecule has 3 saturated carbocycles. The monoisotopic (exact) mass is 428 g/mol. The summed E-state index contributed by atoms with van der Waals surface area (Å²) in [6.45, 7) is 9.97. The van der Waals surface area contributed by atoms with Gasteiger partial charge < -0.3 is 14.6 Å². The normalized spacial score (nSPS) is 58.4. The molecule has 0 aromatic heterocycles. The highest BCUT2D eigenvalue weighted by molar-refractivity contribution is 5.97. The number of rotatable bonds is 0. The molecule has 4 heteroatoms. The summed E-state index contributed by atoms with van der Waals surface area (Å²) in [6, 6.07) is 0. The summed E-state index contributed by atoms with van der Waals surface area (Å²) in [6.07, 6.45) is 10.3. The lowest BCUT2D eigenvalue weighted by Gasteiger charge is -2.56. The smallest absolute Gasteiger partial charge is 0.171 e.